The molecule has 22 heavy (non-hydrogen) atoms. The lowest BCUT2D eigenvalue weighted by molar-refractivity contribution is -0.128. The number of urea groups is 1. The van der Waals surface area contributed by atoms with Gasteiger partial charge in [-0.15, -0.1) is 11.3 Å². The van der Waals surface area contributed by atoms with E-state index in [-0.39, 0.29) is 18.0 Å². The second-order valence-corrected chi connectivity index (χ2v) is 6.57. The summed E-state index contributed by atoms with van der Waals surface area (Å²) >= 11 is 1.33. The molecule has 7 nitrogen and oxygen atoms in total. The molecule has 0 bridgehead atoms. The molecule has 8 heteroatoms. The Labute approximate surface area is 130 Å². The Morgan fingerprint density at radius 1 is 1.36 bits per heavy atom. The molecular weight excluding hydrogens is 304 g/mol. The highest BCUT2D eigenvalue weighted by molar-refractivity contribution is 7.15. The second-order valence-electron chi connectivity index (χ2n) is 5.70. The Bertz CT molecular complexity index is 795. The van der Waals surface area contributed by atoms with E-state index in [0.717, 1.165) is 4.90 Å². The molecule has 0 saturated carbocycles. The number of nitrogens with zero attached hydrogens (tertiary/aromatic N) is 3. The SMILES string of the molecule is CC(C)C[C@@H]1NC(=O)N(Cc2cc(=O)n3ccsc3n2)C1=O. The van der Waals surface area contributed by atoms with Gasteiger partial charge in [0, 0.05) is 17.6 Å². The number of fused-ring (bicyclic) bond motifs is 1. The third-order valence-electron chi connectivity index (χ3n) is 3.49. The van der Waals surface area contributed by atoms with Crippen LogP contribution in [0.1, 0.15) is 26.0 Å². The standard InChI is InChI=1S/C14H16N4O3S/c1-8(2)5-10-12(20)18(13(21)16-10)7-9-6-11(19)17-3-4-22-14(17)15-9/h3-4,6,8,10H,5,7H2,1-2H3,(H,16,21)/t10-/m0/s1. The van der Waals surface area contributed by atoms with Gasteiger partial charge in [-0.2, -0.15) is 0 Å². The Balaban J connectivity index is 1.83. The summed E-state index contributed by atoms with van der Waals surface area (Å²) in [5.74, 6) is 0.0475. The number of aromatic nitrogens is 2. The van der Waals surface area contributed by atoms with Gasteiger partial charge in [-0.25, -0.2) is 9.78 Å². The highest BCUT2D eigenvalue weighted by Gasteiger charge is 2.38. The maximum Gasteiger partial charge on any atom is 0.325 e. The molecule has 3 amide bonds. The van der Waals surface area contributed by atoms with Gasteiger partial charge in [0.05, 0.1) is 12.2 Å². The summed E-state index contributed by atoms with van der Waals surface area (Å²) < 4.78 is 1.43. The van der Waals surface area contributed by atoms with Gasteiger partial charge >= 0.3 is 6.03 Å². The number of carbonyl (C=O) groups excluding carboxylic acids is 2. The van der Waals surface area contributed by atoms with Crippen molar-refractivity contribution in [3.8, 4) is 0 Å². The van der Waals surface area contributed by atoms with Gasteiger partial charge in [0.15, 0.2) is 4.96 Å². The van der Waals surface area contributed by atoms with Gasteiger partial charge in [-0.05, 0) is 12.3 Å². The minimum atomic E-state index is -0.487. The van der Waals surface area contributed by atoms with Crippen LogP contribution in [-0.4, -0.2) is 32.3 Å². The van der Waals surface area contributed by atoms with Crippen LogP contribution < -0.4 is 10.9 Å². The van der Waals surface area contributed by atoms with E-state index in [0.29, 0.717) is 23.0 Å². The quantitative estimate of drug-likeness (QED) is 0.859. The van der Waals surface area contributed by atoms with Gasteiger partial charge in [0.1, 0.15) is 6.04 Å². The lowest BCUT2D eigenvalue weighted by atomic mass is 10.0. The smallest absolute Gasteiger partial charge is 0.325 e. The number of thiazole rings is 1. The van der Waals surface area contributed by atoms with Crippen molar-refractivity contribution in [1.29, 1.82) is 0 Å². The average Bonchev–Trinajstić information content (AvgIpc) is 2.99. The minimum absolute atomic E-state index is 0.0168. The van der Waals surface area contributed by atoms with Gasteiger partial charge in [-0.3, -0.25) is 18.9 Å². The van der Waals surface area contributed by atoms with Crippen LogP contribution in [0.5, 0.6) is 0 Å². The van der Waals surface area contributed by atoms with Crippen LogP contribution in [0.4, 0.5) is 4.79 Å². The highest BCUT2D eigenvalue weighted by Crippen LogP contribution is 2.16. The van der Waals surface area contributed by atoms with Crippen LogP contribution >= 0.6 is 11.3 Å². The first kappa shape index (κ1) is 14.7. The van der Waals surface area contributed by atoms with Crippen LogP contribution in [0.3, 0.4) is 0 Å². The fourth-order valence-corrected chi connectivity index (χ4v) is 3.23. The molecule has 1 saturated heterocycles. The van der Waals surface area contributed by atoms with Crippen molar-refractivity contribution in [1.82, 2.24) is 19.6 Å². The van der Waals surface area contributed by atoms with Crippen molar-refractivity contribution < 1.29 is 9.59 Å². The van der Waals surface area contributed by atoms with Crippen LogP contribution in [-0.2, 0) is 11.3 Å². The summed E-state index contributed by atoms with van der Waals surface area (Å²) in [4.78, 5) is 42.2. The molecule has 1 aliphatic rings. The number of carbonyl (C=O) groups is 2. The molecule has 1 fully saturated rings. The van der Waals surface area contributed by atoms with E-state index >= 15 is 0 Å². The highest BCUT2D eigenvalue weighted by atomic mass is 32.1. The normalized spacial score (nSPS) is 18.5. The summed E-state index contributed by atoms with van der Waals surface area (Å²) in [5.41, 5.74) is 0.202. The van der Waals surface area contributed by atoms with E-state index in [1.54, 1.807) is 11.6 Å². The molecule has 3 heterocycles. The molecule has 2 aromatic heterocycles. The maximum atomic E-state index is 12.3. The molecule has 0 aliphatic carbocycles. The number of hydrogen-bond donors (Lipinski definition) is 1. The number of rotatable bonds is 4. The second kappa shape index (κ2) is 5.53. The maximum absolute atomic E-state index is 12.3. The number of amides is 3. The van der Waals surface area contributed by atoms with Crippen molar-refractivity contribution in [2.45, 2.75) is 32.9 Å². The molecule has 116 valence electrons. The first-order valence-electron chi connectivity index (χ1n) is 7.03. The predicted molar refractivity (Wildman–Crippen MR) is 81.7 cm³/mol. The summed E-state index contributed by atoms with van der Waals surface area (Å²) in [7, 11) is 0. The van der Waals surface area contributed by atoms with Gasteiger partial charge in [0.2, 0.25) is 0 Å². The summed E-state index contributed by atoms with van der Waals surface area (Å²) in [6, 6.07) is 0.443. The Kier molecular flexibility index (Phi) is 3.69. The first-order valence-corrected chi connectivity index (χ1v) is 7.91. The lowest BCUT2D eigenvalue weighted by Crippen LogP contribution is -2.32. The average molecular weight is 320 g/mol. The predicted octanol–water partition coefficient (Wildman–Crippen LogP) is 1.22. The molecule has 1 atom stereocenters. The number of hydrogen-bond acceptors (Lipinski definition) is 5. The Morgan fingerprint density at radius 3 is 2.86 bits per heavy atom. The zero-order valence-corrected chi connectivity index (χ0v) is 13.1. The fourth-order valence-electron chi connectivity index (χ4n) is 2.49. The molecule has 0 unspecified atom stereocenters. The van der Waals surface area contributed by atoms with E-state index in [2.05, 4.69) is 10.3 Å². The topological polar surface area (TPSA) is 83.8 Å². The summed E-state index contributed by atoms with van der Waals surface area (Å²) in [6.45, 7) is 4.01. The molecule has 1 aliphatic heterocycles. The third-order valence-corrected chi connectivity index (χ3v) is 4.25. The van der Waals surface area contributed by atoms with Crippen molar-refractivity contribution in [2.75, 3.05) is 0 Å². The van der Waals surface area contributed by atoms with Crippen molar-refractivity contribution in [3.05, 3.63) is 33.7 Å². The van der Waals surface area contributed by atoms with Crippen LogP contribution in [0.25, 0.3) is 4.96 Å². The van der Waals surface area contributed by atoms with E-state index in [9.17, 15) is 14.4 Å². The third kappa shape index (κ3) is 2.61. The zero-order chi connectivity index (χ0) is 15.9. The van der Waals surface area contributed by atoms with Gasteiger partial charge < -0.3 is 5.32 Å². The van der Waals surface area contributed by atoms with Crippen LogP contribution in [0, 0.1) is 5.92 Å². The zero-order valence-electron chi connectivity index (χ0n) is 12.3. The van der Waals surface area contributed by atoms with E-state index in [1.165, 1.54) is 21.8 Å². The van der Waals surface area contributed by atoms with Crippen molar-refractivity contribution in [3.63, 3.8) is 0 Å². The van der Waals surface area contributed by atoms with Crippen molar-refractivity contribution >= 4 is 28.2 Å². The Morgan fingerprint density at radius 2 is 2.14 bits per heavy atom. The largest absolute Gasteiger partial charge is 0.326 e. The number of imide groups is 1. The van der Waals surface area contributed by atoms with Gasteiger partial charge in [0.25, 0.3) is 11.5 Å². The monoisotopic (exact) mass is 320 g/mol. The van der Waals surface area contributed by atoms with Crippen LogP contribution in [0.15, 0.2) is 22.4 Å². The Hall–Kier alpha value is -2.22. The van der Waals surface area contributed by atoms with E-state index in [1.807, 2.05) is 13.8 Å². The van der Waals surface area contributed by atoms with Crippen LogP contribution in [0.2, 0.25) is 0 Å². The molecule has 0 radical (unpaired) electrons. The molecule has 3 rings (SSSR count). The van der Waals surface area contributed by atoms with Gasteiger partial charge in [-0.1, -0.05) is 13.8 Å². The molecule has 1 N–H and O–H groups in total. The molecule has 0 spiro atoms. The fraction of sp³-hybridized carbons (Fsp3) is 0.429. The summed E-state index contributed by atoms with van der Waals surface area (Å²) in [5, 5.41) is 4.44. The first-order chi connectivity index (χ1) is 10.5. The van der Waals surface area contributed by atoms with E-state index < -0.39 is 12.1 Å². The molecule has 0 aromatic carbocycles. The lowest BCUT2D eigenvalue weighted by Gasteiger charge is -2.13. The molecular formula is C14H16N4O3S. The summed E-state index contributed by atoms with van der Waals surface area (Å²) in [6.07, 6.45) is 2.24. The number of nitrogens with one attached hydrogen (secondary N) is 1. The minimum Gasteiger partial charge on any atom is -0.326 e. The molecule has 2 aromatic rings. The van der Waals surface area contributed by atoms with E-state index in [4.69, 9.17) is 0 Å². The van der Waals surface area contributed by atoms with Crippen molar-refractivity contribution in [2.24, 2.45) is 5.92 Å².